The largest absolute Gasteiger partial charge is 0.467 e. The topological polar surface area (TPSA) is 171 Å². The van der Waals surface area contributed by atoms with Crippen LogP contribution < -0.4 is 26.6 Å². The zero-order valence-electron chi connectivity index (χ0n) is 25.8. The van der Waals surface area contributed by atoms with E-state index in [1.165, 1.54) is 13.2 Å². The fraction of sp³-hybridized carbons (Fsp3) is 0.516. The minimum Gasteiger partial charge on any atom is -0.467 e. The number of aryl methyl sites for hydroxylation is 1. The number of benzene rings is 1. The molecule has 12 nitrogen and oxygen atoms in total. The Bertz CT molecular complexity index is 1260. The molecule has 0 aliphatic carbocycles. The molecule has 0 spiro atoms. The molecule has 12 heteroatoms. The van der Waals surface area contributed by atoms with E-state index in [4.69, 9.17) is 4.74 Å². The molecule has 0 aliphatic rings. The Morgan fingerprint density at radius 3 is 2.44 bits per heavy atom. The molecule has 3 atom stereocenters. The summed E-state index contributed by atoms with van der Waals surface area (Å²) in [7, 11) is 2.78. The number of methoxy groups -OCH3 is 1. The van der Waals surface area contributed by atoms with Crippen LogP contribution in [0.25, 0.3) is 10.9 Å². The van der Waals surface area contributed by atoms with E-state index in [9.17, 15) is 24.0 Å². The number of rotatable bonds is 17. The van der Waals surface area contributed by atoms with Crippen LogP contribution in [-0.4, -0.2) is 74.0 Å². The number of aromatic nitrogens is 1. The van der Waals surface area contributed by atoms with Gasteiger partial charge >= 0.3 is 12.0 Å². The molecule has 43 heavy (non-hydrogen) atoms. The molecule has 1 aromatic carbocycles. The lowest BCUT2D eigenvalue weighted by Crippen LogP contribution is -2.53. The molecule has 236 valence electrons. The molecular weight excluding hydrogens is 552 g/mol. The van der Waals surface area contributed by atoms with Crippen LogP contribution in [0.5, 0.6) is 0 Å². The highest BCUT2D eigenvalue weighted by Crippen LogP contribution is 2.21. The van der Waals surface area contributed by atoms with Crippen LogP contribution in [0.15, 0.2) is 42.6 Å². The lowest BCUT2D eigenvalue weighted by molar-refractivity contribution is -0.144. The molecular formula is C31H46N6O6. The molecule has 0 saturated heterocycles. The van der Waals surface area contributed by atoms with Crippen LogP contribution in [0.3, 0.4) is 0 Å². The maximum atomic E-state index is 13.2. The van der Waals surface area contributed by atoms with Crippen molar-refractivity contribution in [1.29, 1.82) is 0 Å². The maximum absolute atomic E-state index is 13.2. The van der Waals surface area contributed by atoms with Gasteiger partial charge in [0.1, 0.15) is 12.1 Å². The number of carbonyl (C=O) groups is 5. The summed E-state index contributed by atoms with van der Waals surface area (Å²) < 4.78 is 4.71. The van der Waals surface area contributed by atoms with Gasteiger partial charge in [0.15, 0.2) is 0 Å². The number of amides is 5. The second kappa shape index (κ2) is 18.2. The molecule has 1 aromatic heterocycles. The van der Waals surface area contributed by atoms with Crippen molar-refractivity contribution in [1.82, 2.24) is 31.6 Å². The quantitative estimate of drug-likeness (QED) is 0.121. The van der Waals surface area contributed by atoms with Gasteiger partial charge in [-0.3, -0.25) is 14.4 Å². The molecule has 2 rings (SSSR count). The Morgan fingerprint density at radius 2 is 1.77 bits per heavy atom. The zero-order valence-corrected chi connectivity index (χ0v) is 25.8. The fourth-order valence-corrected chi connectivity index (χ4v) is 4.51. The molecule has 0 aliphatic heterocycles. The van der Waals surface area contributed by atoms with Crippen LogP contribution >= 0.6 is 0 Å². The highest BCUT2D eigenvalue weighted by atomic mass is 16.5. The predicted molar refractivity (Wildman–Crippen MR) is 165 cm³/mol. The highest BCUT2D eigenvalue weighted by molar-refractivity contribution is 5.91. The van der Waals surface area contributed by atoms with Crippen molar-refractivity contribution in [2.75, 3.05) is 27.2 Å². The van der Waals surface area contributed by atoms with Crippen molar-refractivity contribution >= 4 is 40.6 Å². The van der Waals surface area contributed by atoms with Gasteiger partial charge in [-0.15, -0.1) is 0 Å². The Balaban J connectivity index is 1.98. The summed E-state index contributed by atoms with van der Waals surface area (Å²) >= 11 is 0. The number of carbonyl (C=O) groups excluding carboxylic acids is 5. The monoisotopic (exact) mass is 598 g/mol. The summed E-state index contributed by atoms with van der Waals surface area (Å²) in [5, 5.41) is 14.3. The molecule has 2 aromatic rings. The molecule has 0 saturated carbocycles. The number of fused-ring (bicyclic) bond motifs is 1. The van der Waals surface area contributed by atoms with E-state index in [2.05, 4.69) is 37.6 Å². The first-order valence-corrected chi connectivity index (χ1v) is 14.7. The van der Waals surface area contributed by atoms with E-state index in [0.29, 0.717) is 19.3 Å². The third kappa shape index (κ3) is 11.8. The van der Waals surface area contributed by atoms with Crippen molar-refractivity contribution in [3.8, 4) is 0 Å². The van der Waals surface area contributed by atoms with Gasteiger partial charge in [-0.1, -0.05) is 57.9 Å². The zero-order chi connectivity index (χ0) is 31.8. The number of nitrogens with one attached hydrogen (secondary N) is 6. The third-order valence-electron chi connectivity index (χ3n) is 7.08. The normalized spacial score (nSPS) is 13.3. The minimum atomic E-state index is -0.863. The van der Waals surface area contributed by atoms with Gasteiger partial charge in [-0.2, -0.15) is 0 Å². The van der Waals surface area contributed by atoms with Crippen molar-refractivity contribution < 1.29 is 28.7 Å². The third-order valence-corrected chi connectivity index (χ3v) is 7.08. The SMILES string of the molecule is CCCC[C@H](NC(=O)CNC(=O)NC(C(=O)OC)C(C)C)C(=O)NC[C@H](/C=C/C(=O)NC)CCc1c[nH]c2ccccc12. The number of para-hydroxylation sites is 1. The number of unbranched alkanes of at least 4 members (excludes halogenated alkanes) is 1. The van der Waals surface area contributed by atoms with E-state index in [0.717, 1.165) is 29.3 Å². The molecule has 0 bridgehead atoms. The Hall–Kier alpha value is -4.35. The minimum absolute atomic E-state index is 0.133. The van der Waals surface area contributed by atoms with Crippen molar-refractivity contribution in [3.63, 3.8) is 0 Å². The summed E-state index contributed by atoms with van der Waals surface area (Å²) in [5.74, 6) is -2.06. The van der Waals surface area contributed by atoms with E-state index in [1.807, 2.05) is 31.3 Å². The number of hydrogen-bond donors (Lipinski definition) is 6. The van der Waals surface area contributed by atoms with Gasteiger partial charge in [0.2, 0.25) is 17.7 Å². The summed E-state index contributed by atoms with van der Waals surface area (Å²) in [6.07, 6.45) is 8.61. The average Bonchev–Trinajstić information content (AvgIpc) is 3.42. The average molecular weight is 599 g/mol. The van der Waals surface area contributed by atoms with Crippen LogP contribution in [0, 0.1) is 11.8 Å². The summed E-state index contributed by atoms with van der Waals surface area (Å²) in [5.41, 5.74) is 2.20. The van der Waals surface area contributed by atoms with Crippen molar-refractivity contribution in [2.45, 2.75) is 65.0 Å². The number of likely N-dealkylation sites (N-methyl/N-ethyl adjacent to an activating group) is 1. The first-order chi connectivity index (χ1) is 20.6. The number of H-pyrrole nitrogens is 1. The van der Waals surface area contributed by atoms with Crippen LogP contribution in [0.1, 0.15) is 52.0 Å². The number of hydrogen-bond acceptors (Lipinski definition) is 6. The van der Waals surface area contributed by atoms with Crippen LogP contribution in [0.2, 0.25) is 0 Å². The highest BCUT2D eigenvalue weighted by Gasteiger charge is 2.26. The number of ether oxygens (including phenoxy) is 1. The van der Waals surface area contributed by atoms with Gasteiger partial charge in [0.05, 0.1) is 13.7 Å². The molecule has 1 unspecified atom stereocenters. The predicted octanol–water partition coefficient (Wildman–Crippen LogP) is 2.31. The molecule has 0 fully saturated rings. The summed E-state index contributed by atoms with van der Waals surface area (Å²) in [4.78, 5) is 65.1. The Morgan fingerprint density at radius 1 is 1.02 bits per heavy atom. The lowest BCUT2D eigenvalue weighted by Gasteiger charge is -2.21. The second-order valence-corrected chi connectivity index (χ2v) is 10.7. The smallest absolute Gasteiger partial charge is 0.328 e. The first-order valence-electron chi connectivity index (χ1n) is 14.7. The standard InChI is InChI=1S/C31H46N6O6/c1-6-7-11-25(36-27(39)19-35-31(42)37-28(20(2)3)30(41)43-5)29(40)34-17-21(14-16-26(38)32-4)13-15-22-18-33-24-12-9-8-10-23(22)24/h8-10,12,14,16,18,20-21,25,28,33H,6-7,11,13,15,17,19H2,1-5H3,(H,32,38)(H,34,40)(H,36,39)(H2,35,37,42)/b16-14+/t21-,25-,28?/m0/s1. The second-order valence-electron chi connectivity index (χ2n) is 10.7. The van der Waals surface area contributed by atoms with Gasteiger partial charge in [0.25, 0.3) is 0 Å². The van der Waals surface area contributed by atoms with E-state index < -0.39 is 30.0 Å². The van der Waals surface area contributed by atoms with E-state index >= 15 is 0 Å². The lowest BCUT2D eigenvalue weighted by atomic mass is 9.98. The molecule has 6 N–H and O–H groups in total. The molecule has 1 heterocycles. The summed E-state index contributed by atoms with van der Waals surface area (Å²) in [6, 6.07) is 5.67. The fourth-order valence-electron chi connectivity index (χ4n) is 4.51. The Labute approximate surface area is 253 Å². The van der Waals surface area contributed by atoms with Crippen LogP contribution in [0.4, 0.5) is 4.79 Å². The Kier molecular flexibility index (Phi) is 14.8. The number of aromatic amines is 1. The van der Waals surface area contributed by atoms with E-state index in [1.54, 1.807) is 27.0 Å². The van der Waals surface area contributed by atoms with Crippen molar-refractivity contribution in [2.24, 2.45) is 11.8 Å². The molecule has 5 amide bonds. The summed E-state index contributed by atoms with van der Waals surface area (Å²) in [6.45, 7) is 5.40. The first kappa shape index (κ1) is 34.8. The molecule has 0 radical (unpaired) electrons. The maximum Gasteiger partial charge on any atom is 0.328 e. The van der Waals surface area contributed by atoms with Gasteiger partial charge in [0, 0.05) is 30.7 Å². The van der Waals surface area contributed by atoms with Crippen LogP contribution in [-0.2, 0) is 30.3 Å². The van der Waals surface area contributed by atoms with Gasteiger partial charge in [-0.05, 0) is 48.8 Å². The van der Waals surface area contributed by atoms with Gasteiger partial charge in [-0.25, -0.2) is 9.59 Å². The van der Waals surface area contributed by atoms with Crippen molar-refractivity contribution in [3.05, 3.63) is 48.2 Å². The van der Waals surface area contributed by atoms with E-state index in [-0.39, 0.29) is 36.7 Å². The number of esters is 1. The van der Waals surface area contributed by atoms with Gasteiger partial charge < -0.3 is 36.3 Å². The number of urea groups is 1.